The van der Waals surface area contributed by atoms with E-state index < -0.39 is 24.3 Å². The molecule has 0 amide bonds. The first kappa shape index (κ1) is 30.3. The third kappa shape index (κ3) is 9.87. The monoisotopic (exact) mass is 548 g/mol. The van der Waals surface area contributed by atoms with Crippen LogP contribution in [-0.4, -0.2) is 90.7 Å². The minimum Gasteiger partial charge on any atom is -0.475 e. The van der Waals surface area contributed by atoms with Gasteiger partial charge in [0.05, 0.1) is 6.61 Å². The summed E-state index contributed by atoms with van der Waals surface area (Å²) < 4.78 is 69.5. The lowest BCUT2D eigenvalue weighted by Gasteiger charge is -2.30. The molecule has 1 aromatic heterocycles. The van der Waals surface area contributed by atoms with Gasteiger partial charge in [0.25, 0.3) is 0 Å². The lowest BCUT2D eigenvalue weighted by atomic mass is 9.77. The quantitative estimate of drug-likeness (QED) is 0.516. The van der Waals surface area contributed by atoms with Crippen LogP contribution in [0.2, 0.25) is 0 Å². The molecule has 0 aromatic carbocycles. The van der Waals surface area contributed by atoms with Gasteiger partial charge in [-0.2, -0.15) is 26.3 Å². The molecule has 2 atom stereocenters. The number of nitrogens with zero attached hydrogens (tertiary/aromatic N) is 2. The number of alkyl halides is 6. The average molecular weight is 549 g/mol. The van der Waals surface area contributed by atoms with Gasteiger partial charge in [-0.1, -0.05) is 6.07 Å². The summed E-state index contributed by atoms with van der Waals surface area (Å²) >= 11 is 1.89. The zero-order chi connectivity index (χ0) is 27.1. The molecule has 7 nitrogen and oxygen atoms in total. The van der Waals surface area contributed by atoms with Crippen LogP contribution in [0.5, 0.6) is 0 Å². The third-order valence-electron chi connectivity index (χ3n) is 6.26. The highest BCUT2D eigenvalue weighted by molar-refractivity contribution is 7.09. The number of carboxylic acid groups (broad SMARTS) is 2. The van der Waals surface area contributed by atoms with Crippen molar-refractivity contribution in [3.63, 3.8) is 0 Å². The molecule has 3 heterocycles. The average Bonchev–Trinajstić information content (AvgIpc) is 3.13. The maximum absolute atomic E-state index is 10.6. The van der Waals surface area contributed by atoms with Crippen LogP contribution < -0.4 is 0 Å². The molecular weight excluding hydrogens is 518 g/mol. The van der Waals surface area contributed by atoms with E-state index in [9.17, 15) is 26.3 Å². The van der Waals surface area contributed by atoms with Crippen molar-refractivity contribution in [3.8, 4) is 0 Å². The molecule has 2 N–H and O–H groups in total. The Balaban J connectivity index is 0.000000271. The summed E-state index contributed by atoms with van der Waals surface area (Å²) in [7, 11) is 2.28. The van der Waals surface area contributed by atoms with E-state index in [-0.39, 0.29) is 0 Å². The second kappa shape index (κ2) is 12.6. The number of halogens is 6. The maximum atomic E-state index is 10.6. The van der Waals surface area contributed by atoms with E-state index >= 15 is 0 Å². The molecule has 3 aliphatic rings. The Bertz CT molecular complexity index is 823. The zero-order valence-corrected chi connectivity index (χ0v) is 20.5. The van der Waals surface area contributed by atoms with E-state index in [1.807, 2.05) is 11.3 Å². The first-order valence-corrected chi connectivity index (χ1v) is 12.1. The molecule has 1 saturated carbocycles. The molecule has 0 unspecified atom stereocenters. The third-order valence-corrected chi connectivity index (χ3v) is 7.12. The molecule has 1 aliphatic carbocycles. The molecular formula is C22H30F6N2O5S. The van der Waals surface area contributed by atoms with E-state index in [0.29, 0.717) is 5.41 Å². The molecule has 3 fully saturated rings. The van der Waals surface area contributed by atoms with Crippen LogP contribution in [0.4, 0.5) is 26.3 Å². The first-order chi connectivity index (χ1) is 16.6. The van der Waals surface area contributed by atoms with Crippen LogP contribution in [0.3, 0.4) is 0 Å². The summed E-state index contributed by atoms with van der Waals surface area (Å²) in [4.78, 5) is 24.5. The molecule has 36 heavy (non-hydrogen) atoms. The predicted octanol–water partition coefficient (Wildman–Crippen LogP) is 4.20. The smallest absolute Gasteiger partial charge is 0.475 e. The fourth-order valence-electron chi connectivity index (χ4n) is 4.40. The fourth-order valence-corrected chi connectivity index (χ4v) is 5.14. The first-order valence-electron chi connectivity index (χ1n) is 11.2. The molecule has 206 valence electrons. The fraction of sp³-hybridized carbons (Fsp3) is 0.727. The number of carboxylic acids is 2. The van der Waals surface area contributed by atoms with Gasteiger partial charge in [0, 0.05) is 49.0 Å². The van der Waals surface area contributed by atoms with Crippen LogP contribution in [0, 0.1) is 17.3 Å². The van der Waals surface area contributed by atoms with Gasteiger partial charge in [-0.3, -0.25) is 4.90 Å². The van der Waals surface area contributed by atoms with Gasteiger partial charge < -0.3 is 19.8 Å². The lowest BCUT2D eigenvalue weighted by Crippen LogP contribution is -2.36. The Morgan fingerprint density at radius 3 is 2.14 bits per heavy atom. The van der Waals surface area contributed by atoms with Crippen molar-refractivity contribution in [2.75, 3.05) is 46.4 Å². The highest BCUT2D eigenvalue weighted by Gasteiger charge is 2.49. The maximum Gasteiger partial charge on any atom is 0.490 e. The number of ether oxygens (including phenoxy) is 1. The van der Waals surface area contributed by atoms with Gasteiger partial charge in [0.1, 0.15) is 0 Å². The Morgan fingerprint density at radius 2 is 1.67 bits per heavy atom. The van der Waals surface area contributed by atoms with Crippen molar-refractivity contribution in [2.24, 2.45) is 17.3 Å². The van der Waals surface area contributed by atoms with Crippen LogP contribution in [0.15, 0.2) is 17.5 Å². The summed E-state index contributed by atoms with van der Waals surface area (Å²) in [5.41, 5.74) is 0.482. The molecule has 1 aromatic rings. The van der Waals surface area contributed by atoms with Gasteiger partial charge >= 0.3 is 24.3 Å². The topological polar surface area (TPSA) is 90.3 Å². The molecule has 2 saturated heterocycles. The summed E-state index contributed by atoms with van der Waals surface area (Å²) in [6, 6.07) is 4.44. The highest BCUT2D eigenvalue weighted by Crippen LogP contribution is 2.44. The van der Waals surface area contributed by atoms with E-state index in [0.717, 1.165) is 31.6 Å². The van der Waals surface area contributed by atoms with Crippen LogP contribution in [0.1, 0.15) is 24.1 Å². The SMILES string of the molecule is CN1C[C@H](COCC2CC2)[C@]2(CCN(Cc3cccs3)C2)C1.O=C(O)C(F)(F)F.O=C(O)C(F)(F)F. The molecule has 14 heteroatoms. The number of hydrogen-bond donors (Lipinski definition) is 2. The van der Waals surface area contributed by atoms with E-state index in [2.05, 4.69) is 34.4 Å². The number of rotatable bonds is 6. The van der Waals surface area contributed by atoms with E-state index in [1.54, 1.807) is 0 Å². The number of thiophene rings is 1. The Kier molecular flexibility index (Phi) is 10.6. The molecule has 1 spiro atoms. The number of hydrogen-bond acceptors (Lipinski definition) is 6. The molecule has 2 aliphatic heterocycles. The standard InChI is InChI=1S/C18H28N2OS.2C2HF3O2/c1-19-9-16(12-21-11-15-4-5-15)18(13-19)6-7-20(14-18)10-17-3-2-8-22-17;2*3-2(4,5)1(6)7/h2-3,8,15-16H,4-7,9-14H2,1H3;2*(H,6,7)/t16-,18-;;/m1../s1. The van der Waals surface area contributed by atoms with Crippen molar-refractivity contribution >= 4 is 23.3 Å². The van der Waals surface area contributed by atoms with Crippen LogP contribution >= 0.6 is 11.3 Å². The van der Waals surface area contributed by atoms with Crippen molar-refractivity contribution in [2.45, 2.75) is 38.2 Å². The highest BCUT2D eigenvalue weighted by atomic mass is 32.1. The normalized spacial score (nSPS) is 24.7. The second-order valence-corrected chi connectivity index (χ2v) is 10.4. The minimum absolute atomic E-state index is 0.482. The molecule has 0 radical (unpaired) electrons. The Hall–Kier alpha value is -1.90. The summed E-state index contributed by atoms with van der Waals surface area (Å²) in [6.45, 7) is 8.11. The van der Waals surface area contributed by atoms with Crippen molar-refractivity contribution in [3.05, 3.63) is 22.4 Å². The van der Waals surface area contributed by atoms with Crippen molar-refractivity contribution in [1.29, 1.82) is 0 Å². The Morgan fingerprint density at radius 1 is 1.08 bits per heavy atom. The zero-order valence-electron chi connectivity index (χ0n) is 19.6. The summed E-state index contributed by atoms with van der Waals surface area (Å²) in [5, 5.41) is 16.4. The van der Waals surface area contributed by atoms with Crippen LogP contribution in [0.25, 0.3) is 0 Å². The number of likely N-dealkylation sites (tertiary alicyclic amines) is 2. The van der Waals surface area contributed by atoms with Crippen molar-refractivity contribution in [1.82, 2.24) is 9.80 Å². The Labute approximate surface area is 208 Å². The predicted molar refractivity (Wildman–Crippen MR) is 119 cm³/mol. The van der Waals surface area contributed by atoms with Gasteiger partial charge in [-0.15, -0.1) is 11.3 Å². The molecule has 4 rings (SSSR count). The van der Waals surface area contributed by atoms with Gasteiger partial charge in [-0.25, -0.2) is 9.59 Å². The van der Waals surface area contributed by atoms with Gasteiger partial charge in [-0.05, 0) is 50.2 Å². The second-order valence-electron chi connectivity index (χ2n) is 9.38. The van der Waals surface area contributed by atoms with E-state index in [1.165, 1.54) is 50.3 Å². The summed E-state index contributed by atoms with van der Waals surface area (Å²) in [6.07, 6.45) is -6.03. The molecule has 0 bridgehead atoms. The number of carbonyl (C=O) groups is 2. The number of aliphatic carboxylic acids is 2. The van der Waals surface area contributed by atoms with Crippen molar-refractivity contribution < 1.29 is 50.9 Å². The van der Waals surface area contributed by atoms with Gasteiger partial charge in [0.15, 0.2) is 0 Å². The largest absolute Gasteiger partial charge is 0.490 e. The minimum atomic E-state index is -5.08. The summed E-state index contributed by atoms with van der Waals surface area (Å²) in [5.74, 6) is -3.90. The van der Waals surface area contributed by atoms with Crippen LogP contribution in [-0.2, 0) is 20.9 Å². The lowest BCUT2D eigenvalue weighted by molar-refractivity contribution is -0.193. The van der Waals surface area contributed by atoms with Gasteiger partial charge in [0.2, 0.25) is 0 Å². The van der Waals surface area contributed by atoms with E-state index in [4.69, 9.17) is 24.5 Å².